The molecule has 7 nitrogen and oxygen atoms in total. The zero-order chi connectivity index (χ0) is 26.5. The minimum Gasteiger partial charge on any atom is -0.444 e. The second-order valence-electron chi connectivity index (χ2n) is 9.99. The van der Waals surface area contributed by atoms with Gasteiger partial charge in [-0.1, -0.05) is 66.7 Å². The van der Waals surface area contributed by atoms with Gasteiger partial charge in [0.1, 0.15) is 5.60 Å². The van der Waals surface area contributed by atoms with E-state index in [4.69, 9.17) is 4.74 Å². The summed E-state index contributed by atoms with van der Waals surface area (Å²) in [5.74, 6) is -0.0740. The third-order valence-corrected chi connectivity index (χ3v) is 7.71. The number of piperazine rings is 1. The minimum absolute atomic E-state index is 0.0740. The molecule has 8 heteroatoms. The molecule has 194 valence electrons. The first-order valence-electron chi connectivity index (χ1n) is 12.3. The molecule has 0 saturated carbocycles. The minimum atomic E-state index is -3.56. The van der Waals surface area contributed by atoms with E-state index < -0.39 is 15.4 Å². The molecule has 1 saturated heterocycles. The van der Waals surface area contributed by atoms with Crippen LogP contribution in [0.25, 0.3) is 12.2 Å². The number of benzene rings is 2. The average Bonchev–Trinajstić information content (AvgIpc) is 2.87. The number of hydrogen-bond donors (Lipinski definition) is 1. The van der Waals surface area contributed by atoms with Crippen molar-refractivity contribution >= 4 is 28.1 Å². The topological polar surface area (TPSA) is 88.6 Å². The summed E-state index contributed by atoms with van der Waals surface area (Å²) in [6.45, 7) is 7.25. The quantitative estimate of drug-likeness (QED) is 0.487. The lowest BCUT2D eigenvalue weighted by Crippen LogP contribution is -2.50. The van der Waals surface area contributed by atoms with Crippen molar-refractivity contribution in [2.24, 2.45) is 0 Å². The Morgan fingerprint density at radius 2 is 1.70 bits per heavy atom. The van der Waals surface area contributed by atoms with Gasteiger partial charge in [-0.05, 0) is 49.6 Å². The van der Waals surface area contributed by atoms with Crippen LogP contribution in [0.4, 0.5) is 4.79 Å². The molecule has 1 amide bonds. The van der Waals surface area contributed by atoms with Crippen molar-refractivity contribution in [3.05, 3.63) is 95.3 Å². The molecule has 0 spiro atoms. The summed E-state index contributed by atoms with van der Waals surface area (Å²) in [6, 6.07) is 19.6. The van der Waals surface area contributed by atoms with E-state index >= 15 is 0 Å². The lowest BCUT2D eigenvalue weighted by molar-refractivity contribution is 0.0113. The Balaban J connectivity index is 1.64. The number of sulfone groups is 1. The van der Waals surface area contributed by atoms with Crippen LogP contribution in [-0.4, -0.2) is 49.6 Å². The monoisotopic (exact) mass is 519 g/mol. The first kappa shape index (κ1) is 26.6. The molecule has 1 aliphatic heterocycles. The Hall–Kier alpha value is -3.49. The van der Waals surface area contributed by atoms with E-state index in [0.29, 0.717) is 25.2 Å². The highest BCUT2D eigenvalue weighted by Gasteiger charge is 2.33. The van der Waals surface area contributed by atoms with Crippen molar-refractivity contribution < 1.29 is 17.9 Å². The summed E-state index contributed by atoms with van der Waals surface area (Å²) in [6.07, 6.45) is 4.98. The van der Waals surface area contributed by atoms with Gasteiger partial charge in [-0.2, -0.15) is 0 Å². The van der Waals surface area contributed by atoms with Gasteiger partial charge >= 0.3 is 6.09 Å². The lowest BCUT2D eigenvalue weighted by Gasteiger charge is -2.37. The Morgan fingerprint density at radius 3 is 2.46 bits per heavy atom. The summed E-state index contributed by atoms with van der Waals surface area (Å²) < 4.78 is 32.2. The normalized spacial score (nSPS) is 16.6. The highest BCUT2D eigenvalue weighted by atomic mass is 32.2. The van der Waals surface area contributed by atoms with Gasteiger partial charge in [0, 0.05) is 25.8 Å². The molecule has 1 atom stereocenters. The number of carbonyl (C=O) groups is 1. The van der Waals surface area contributed by atoms with E-state index in [1.54, 1.807) is 35.4 Å². The molecule has 1 aliphatic rings. The van der Waals surface area contributed by atoms with Crippen LogP contribution in [-0.2, 0) is 20.3 Å². The van der Waals surface area contributed by atoms with E-state index in [1.165, 1.54) is 0 Å². The third-order valence-electron chi connectivity index (χ3n) is 5.95. The number of nitrogens with zero attached hydrogens (tertiary/aromatic N) is 2. The lowest BCUT2D eigenvalue weighted by atomic mass is 10.0. The number of hydrogen-bond acceptors (Lipinski definition) is 6. The van der Waals surface area contributed by atoms with Crippen LogP contribution < -0.4 is 5.32 Å². The number of carbonyl (C=O) groups excluding carboxylic acids is 1. The highest BCUT2D eigenvalue weighted by molar-refractivity contribution is 7.90. The Labute approximate surface area is 219 Å². The van der Waals surface area contributed by atoms with E-state index in [-0.39, 0.29) is 22.8 Å². The van der Waals surface area contributed by atoms with Gasteiger partial charge in [0.15, 0.2) is 9.84 Å². The fourth-order valence-electron chi connectivity index (χ4n) is 4.29. The van der Waals surface area contributed by atoms with Crippen molar-refractivity contribution in [3.8, 4) is 0 Å². The first-order chi connectivity index (χ1) is 17.6. The molecule has 1 unspecified atom stereocenters. The molecule has 1 N–H and O–H groups in total. The van der Waals surface area contributed by atoms with Gasteiger partial charge < -0.3 is 10.1 Å². The summed E-state index contributed by atoms with van der Waals surface area (Å²) in [4.78, 5) is 19.5. The van der Waals surface area contributed by atoms with E-state index in [0.717, 1.165) is 16.8 Å². The molecule has 2 aromatic carbocycles. The van der Waals surface area contributed by atoms with Gasteiger partial charge in [-0.15, -0.1) is 0 Å². The second-order valence-corrected chi connectivity index (χ2v) is 11.9. The number of pyridine rings is 1. The molecule has 4 rings (SSSR count). The van der Waals surface area contributed by atoms with Crippen molar-refractivity contribution in [1.29, 1.82) is 0 Å². The molecule has 0 aliphatic carbocycles. The van der Waals surface area contributed by atoms with Gasteiger partial charge in [0.25, 0.3) is 0 Å². The zero-order valence-corrected chi connectivity index (χ0v) is 22.2. The number of nitrogens with one attached hydrogen (secondary N) is 1. The Kier molecular flexibility index (Phi) is 8.10. The molecular formula is C29H33N3O4S. The standard InChI is InChI=1S/C29H33N3O4S/c1-29(2,3)36-28(33)32-19-18-30-20-25(32)27-24(13-9-17-31-27)16-15-23-12-7-8-14-26(23)37(34,35)21-22-10-5-4-6-11-22/h4-17,25,30H,18-21H2,1-3H3. The number of ether oxygens (including phenoxy) is 1. The second kappa shape index (κ2) is 11.3. The van der Waals surface area contributed by atoms with Crippen LogP contribution in [0.1, 0.15) is 49.2 Å². The van der Waals surface area contributed by atoms with Crippen LogP contribution in [0.3, 0.4) is 0 Å². The molecule has 3 aromatic rings. The largest absolute Gasteiger partial charge is 0.444 e. The molecule has 2 heterocycles. The zero-order valence-electron chi connectivity index (χ0n) is 21.4. The third kappa shape index (κ3) is 6.84. The van der Waals surface area contributed by atoms with Crippen LogP contribution in [0.5, 0.6) is 0 Å². The predicted octanol–water partition coefficient (Wildman–Crippen LogP) is 5.11. The maximum Gasteiger partial charge on any atom is 0.410 e. The molecule has 0 radical (unpaired) electrons. The SMILES string of the molecule is CC(C)(C)OC(=O)N1CCNCC1c1ncccc1C=Cc1ccccc1S(=O)(=O)Cc1ccccc1. The number of amides is 1. The smallest absolute Gasteiger partial charge is 0.410 e. The molecule has 1 aromatic heterocycles. The molecule has 0 bridgehead atoms. The summed E-state index contributed by atoms with van der Waals surface area (Å²) in [5, 5.41) is 3.34. The summed E-state index contributed by atoms with van der Waals surface area (Å²) >= 11 is 0. The van der Waals surface area contributed by atoms with Crippen LogP contribution in [0, 0.1) is 0 Å². The Morgan fingerprint density at radius 1 is 1.03 bits per heavy atom. The fraction of sp³-hybridized carbons (Fsp3) is 0.310. The molecular weight excluding hydrogens is 486 g/mol. The summed E-state index contributed by atoms with van der Waals surface area (Å²) in [5.41, 5.74) is 2.26. The maximum atomic E-state index is 13.3. The van der Waals surface area contributed by atoms with Gasteiger partial charge in [-0.3, -0.25) is 9.88 Å². The fourth-order valence-corrected chi connectivity index (χ4v) is 5.86. The summed E-state index contributed by atoms with van der Waals surface area (Å²) in [7, 11) is -3.56. The van der Waals surface area contributed by atoms with Crippen molar-refractivity contribution in [2.45, 2.75) is 43.1 Å². The number of rotatable bonds is 6. The predicted molar refractivity (Wildman–Crippen MR) is 145 cm³/mol. The van der Waals surface area contributed by atoms with E-state index in [9.17, 15) is 13.2 Å². The molecule has 1 fully saturated rings. The van der Waals surface area contributed by atoms with E-state index in [2.05, 4.69) is 10.3 Å². The van der Waals surface area contributed by atoms with Crippen molar-refractivity contribution in [2.75, 3.05) is 19.6 Å². The van der Waals surface area contributed by atoms with E-state index in [1.807, 2.05) is 75.4 Å². The average molecular weight is 520 g/mol. The first-order valence-corrected chi connectivity index (χ1v) is 14.0. The Bertz CT molecular complexity index is 1370. The number of aromatic nitrogens is 1. The van der Waals surface area contributed by atoms with Crippen LogP contribution in [0.15, 0.2) is 77.8 Å². The van der Waals surface area contributed by atoms with Crippen LogP contribution >= 0.6 is 0 Å². The van der Waals surface area contributed by atoms with Gasteiger partial charge in [0.05, 0.1) is 22.4 Å². The maximum absolute atomic E-state index is 13.3. The van der Waals surface area contributed by atoms with Gasteiger partial charge in [0.2, 0.25) is 0 Å². The van der Waals surface area contributed by atoms with Crippen LogP contribution in [0.2, 0.25) is 0 Å². The molecule has 37 heavy (non-hydrogen) atoms. The highest BCUT2D eigenvalue weighted by Crippen LogP contribution is 2.28. The van der Waals surface area contributed by atoms with Crippen molar-refractivity contribution in [1.82, 2.24) is 15.2 Å². The van der Waals surface area contributed by atoms with Crippen molar-refractivity contribution in [3.63, 3.8) is 0 Å². The van der Waals surface area contributed by atoms with Gasteiger partial charge in [-0.25, -0.2) is 13.2 Å².